The molecular formula is C23H19FN4O5S. The van der Waals surface area contributed by atoms with Crippen molar-refractivity contribution in [2.24, 2.45) is 0 Å². The van der Waals surface area contributed by atoms with Gasteiger partial charge in [-0.1, -0.05) is 35.5 Å². The summed E-state index contributed by atoms with van der Waals surface area (Å²) in [5, 5.41) is 5.94. The predicted octanol–water partition coefficient (Wildman–Crippen LogP) is 3.56. The van der Waals surface area contributed by atoms with Crippen LogP contribution in [0.3, 0.4) is 0 Å². The lowest BCUT2D eigenvalue weighted by Crippen LogP contribution is -2.37. The van der Waals surface area contributed by atoms with Gasteiger partial charge in [-0.15, -0.1) is 0 Å². The molecule has 0 unspecified atom stereocenters. The first-order valence-electron chi connectivity index (χ1n) is 10.2. The third-order valence-corrected chi connectivity index (χ3v) is 5.65. The first-order chi connectivity index (χ1) is 16.4. The van der Waals surface area contributed by atoms with E-state index in [1.807, 2.05) is 0 Å². The lowest BCUT2D eigenvalue weighted by molar-refractivity contribution is -0.122. The monoisotopic (exact) mass is 482 g/mol. The molecule has 1 fully saturated rings. The molecule has 11 heteroatoms. The zero-order valence-corrected chi connectivity index (χ0v) is 18.8. The van der Waals surface area contributed by atoms with Crippen LogP contribution in [-0.4, -0.2) is 45.2 Å². The molecule has 1 aromatic heterocycles. The number of amides is 3. The molecule has 3 aromatic rings. The van der Waals surface area contributed by atoms with Gasteiger partial charge in [-0.2, -0.15) is 4.98 Å². The maximum absolute atomic E-state index is 13.9. The van der Waals surface area contributed by atoms with E-state index in [4.69, 9.17) is 9.26 Å². The average molecular weight is 482 g/mol. The van der Waals surface area contributed by atoms with E-state index >= 15 is 0 Å². The molecule has 0 atom stereocenters. The van der Waals surface area contributed by atoms with E-state index in [9.17, 15) is 18.8 Å². The molecule has 9 nitrogen and oxygen atoms in total. The van der Waals surface area contributed by atoms with Crippen LogP contribution in [0, 0.1) is 12.7 Å². The van der Waals surface area contributed by atoms with Crippen LogP contribution < -0.4 is 10.1 Å². The van der Waals surface area contributed by atoms with Gasteiger partial charge < -0.3 is 14.6 Å². The molecule has 2 heterocycles. The van der Waals surface area contributed by atoms with Gasteiger partial charge in [0.05, 0.1) is 10.5 Å². The Morgan fingerprint density at radius 3 is 2.74 bits per heavy atom. The highest BCUT2D eigenvalue weighted by atomic mass is 32.2. The van der Waals surface area contributed by atoms with Crippen LogP contribution in [0.15, 0.2) is 58.0 Å². The van der Waals surface area contributed by atoms with Crippen LogP contribution in [-0.2, 0) is 11.4 Å². The molecule has 2 aromatic carbocycles. The van der Waals surface area contributed by atoms with Crippen LogP contribution in [0.1, 0.15) is 27.6 Å². The summed E-state index contributed by atoms with van der Waals surface area (Å²) in [4.78, 5) is 42.7. The van der Waals surface area contributed by atoms with Crippen molar-refractivity contribution in [1.82, 2.24) is 20.4 Å². The number of ether oxygens (including phenoxy) is 1. The number of para-hydroxylation sites is 1. The van der Waals surface area contributed by atoms with E-state index < -0.39 is 22.9 Å². The summed E-state index contributed by atoms with van der Waals surface area (Å²) in [5.41, 5.74) is 0.491. The van der Waals surface area contributed by atoms with Crippen molar-refractivity contribution in [3.8, 4) is 5.75 Å². The number of halogens is 1. The number of carbonyl (C=O) groups is 3. The van der Waals surface area contributed by atoms with E-state index in [0.717, 1.165) is 16.7 Å². The van der Waals surface area contributed by atoms with Crippen LogP contribution in [0.25, 0.3) is 6.08 Å². The number of thioether (sulfide) groups is 1. The van der Waals surface area contributed by atoms with Crippen LogP contribution >= 0.6 is 11.8 Å². The molecule has 0 bridgehead atoms. The second-order valence-electron chi connectivity index (χ2n) is 7.13. The van der Waals surface area contributed by atoms with Crippen molar-refractivity contribution < 1.29 is 28.0 Å². The van der Waals surface area contributed by atoms with Crippen molar-refractivity contribution in [2.45, 2.75) is 13.5 Å². The second-order valence-corrected chi connectivity index (χ2v) is 8.12. The molecule has 0 spiro atoms. The maximum atomic E-state index is 13.9. The number of aromatic nitrogens is 2. The van der Waals surface area contributed by atoms with E-state index in [0.29, 0.717) is 17.5 Å². The zero-order valence-electron chi connectivity index (χ0n) is 18.0. The quantitative estimate of drug-likeness (QED) is 0.485. The van der Waals surface area contributed by atoms with Gasteiger partial charge in [0.25, 0.3) is 17.1 Å². The summed E-state index contributed by atoms with van der Waals surface area (Å²) in [6, 6.07) is 12.6. The number of nitrogens with one attached hydrogen (secondary N) is 1. The molecule has 1 aliphatic rings. The number of rotatable bonds is 8. The van der Waals surface area contributed by atoms with E-state index in [1.54, 1.807) is 37.3 Å². The van der Waals surface area contributed by atoms with E-state index in [2.05, 4.69) is 15.5 Å². The maximum Gasteiger partial charge on any atom is 0.293 e. The highest BCUT2D eigenvalue weighted by molar-refractivity contribution is 8.18. The largest absolute Gasteiger partial charge is 0.485 e. The lowest BCUT2D eigenvalue weighted by atomic mass is 10.2. The van der Waals surface area contributed by atoms with Gasteiger partial charge >= 0.3 is 0 Å². The smallest absolute Gasteiger partial charge is 0.293 e. The summed E-state index contributed by atoms with van der Waals surface area (Å²) in [5.74, 6) is -0.394. The highest BCUT2D eigenvalue weighted by Crippen LogP contribution is 2.32. The van der Waals surface area contributed by atoms with Crippen molar-refractivity contribution in [3.05, 3.63) is 82.1 Å². The number of benzene rings is 2. The summed E-state index contributed by atoms with van der Waals surface area (Å²) in [6.45, 7) is 1.68. The first kappa shape index (κ1) is 23.2. The predicted molar refractivity (Wildman–Crippen MR) is 121 cm³/mol. The SMILES string of the molecule is Cc1nc(COc2ccccc2C(=O)NCCN2C(=O)S/C(=C\c3ccccc3F)C2=O)no1. The number of nitrogens with zero attached hydrogens (tertiary/aromatic N) is 3. The zero-order chi connectivity index (χ0) is 24.1. The minimum absolute atomic E-state index is 0.0206. The molecule has 0 aliphatic carbocycles. The molecule has 0 saturated carbocycles. The van der Waals surface area contributed by atoms with Crippen LogP contribution in [0.5, 0.6) is 5.75 Å². The number of hydrogen-bond donors (Lipinski definition) is 1. The Hall–Kier alpha value is -3.99. The summed E-state index contributed by atoms with van der Waals surface area (Å²) in [6.07, 6.45) is 1.34. The average Bonchev–Trinajstić information content (AvgIpc) is 3.36. The van der Waals surface area contributed by atoms with E-state index in [-0.39, 0.29) is 35.7 Å². The Kier molecular flexibility index (Phi) is 7.02. The van der Waals surface area contributed by atoms with Crippen molar-refractivity contribution >= 4 is 34.9 Å². The molecule has 4 rings (SSSR count). The fourth-order valence-electron chi connectivity index (χ4n) is 3.12. The summed E-state index contributed by atoms with van der Waals surface area (Å²) >= 11 is 0.729. The molecule has 34 heavy (non-hydrogen) atoms. The molecule has 1 N–H and O–H groups in total. The van der Waals surface area contributed by atoms with Gasteiger partial charge in [-0.05, 0) is 36.0 Å². The minimum atomic E-state index is -0.536. The van der Waals surface area contributed by atoms with Gasteiger partial charge in [0.15, 0.2) is 6.61 Å². The Morgan fingerprint density at radius 1 is 1.21 bits per heavy atom. The number of carbonyl (C=O) groups excluding carboxylic acids is 3. The topological polar surface area (TPSA) is 115 Å². The Morgan fingerprint density at radius 2 is 1.97 bits per heavy atom. The van der Waals surface area contributed by atoms with Crippen molar-refractivity contribution in [3.63, 3.8) is 0 Å². The van der Waals surface area contributed by atoms with Gasteiger partial charge in [0, 0.05) is 25.6 Å². The van der Waals surface area contributed by atoms with Gasteiger partial charge in [-0.3, -0.25) is 19.3 Å². The molecular weight excluding hydrogens is 463 g/mol. The van der Waals surface area contributed by atoms with Gasteiger partial charge in [-0.25, -0.2) is 4.39 Å². The first-order valence-corrected chi connectivity index (χ1v) is 11.0. The number of aryl methyl sites for hydroxylation is 1. The lowest BCUT2D eigenvalue weighted by Gasteiger charge is -2.14. The number of hydrogen-bond acceptors (Lipinski definition) is 8. The molecule has 1 aliphatic heterocycles. The fourth-order valence-corrected chi connectivity index (χ4v) is 3.98. The third-order valence-electron chi connectivity index (χ3n) is 4.74. The number of imide groups is 1. The molecule has 174 valence electrons. The summed E-state index contributed by atoms with van der Waals surface area (Å²) < 4.78 is 24.4. The van der Waals surface area contributed by atoms with Crippen molar-refractivity contribution in [1.29, 1.82) is 0 Å². The standard InChI is InChI=1S/C23H19FN4O5S/c1-14-26-20(27-33-14)13-32-18-9-5-3-7-16(18)21(29)25-10-11-28-22(30)19(34-23(28)31)12-15-6-2-4-8-17(15)24/h2-9,12H,10-11,13H2,1H3,(H,25,29)/b19-12-. The van der Waals surface area contributed by atoms with Crippen LogP contribution in [0.4, 0.5) is 9.18 Å². The molecule has 3 amide bonds. The normalized spacial score (nSPS) is 14.6. The Bertz CT molecular complexity index is 1280. The fraction of sp³-hybridized carbons (Fsp3) is 0.174. The second kappa shape index (κ2) is 10.3. The minimum Gasteiger partial charge on any atom is -0.485 e. The summed E-state index contributed by atoms with van der Waals surface area (Å²) in [7, 11) is 0. The Labute approximate surface area is 198 Å². The van der Waals surface area contributed by atoms with Gasteiger partial charge in [0.1, 0.15) is 11.6 Å². The molecule has 1 saturated heterocycles. The highest BCUT2D eigenvalue weighted by Gasteiger charge is 2.34. The van der Waals surface area contributed by atoms with E-state index in [1.165, 1.54) is 24.3 Å². The van der Waals surface area contributed by atoms with Crippen molar-refractivity contribution in [2.75, 3.05) is 13.1 Å². The third kappa shape index (κ3) is 5.31. The molecule has 0 radical (unpaired) electrons. The van der Waals surface area contributed by atoms with Crippen LogP contribution in [0.2, 0.25) is 0 Å². The van der Waals surface area contributed by atoms with Gasteiger partial charge in [0.2, 0.25) is 11.7 Å². The Balaban J connectivity index is 1.35.